The van der Waals surface area contributed by atoms with E-state index in [1.807, 2.05) is 7.05 Å². The molecule has 0 atom stereocenters. The molecule has 0 unspecified atom stereocenters. The zero-order chi connectivity index (χ0) is 22.5. The van der Waals surface area contributed by atoms with Gasteiger partial charge in [-0.2, -0.15) is 8.78 Å². The highest BCUT2D eigenvalue weighted by atomic mass is 19.3. The number of nitro benzene ring substituents is 1. The number of alkyl halides is 2. The van der Waals surface area contributed by atoms with Gasteiger partial charge in [0.2, 0.25) is 0 Å². The quantitative estimate of drug-likeness (QED) is 0.520. The van der Waals surface area contributed by atoms with Crippen molar-refractivity contribution in [1.82, 2.24) is 9.88 Å². The highest BCUT2D eigenvalue weighted by molar-refractivity contribution is 6.07. The van der Waals surface area contributed by atoms with Crippen molar-refractivity contribution in [2.24, 2.45) is 0 Å². The molecule has 1 aromatic carbocycles. The standard InChI is InChI=1S/C19H21F2N5O5/c1-24-5-7-25(8-6-24)17-4-3-12(11-22-17)23-18(27)13-9-15(30-2)16(31-19(20)21)10-14(13)26(28)29/h3-4,9-11,19H,5-8H2,1-2H3,(H,23,27). The Bertz CT molecular complexity index is 949. The lowest BCUT2D eigenvalue weighted by Crippen LogP contribution is -2.44. The Balaban J connectivity index is 1.80. The number of amides is 1. The fourth-order valence-electron chi connectivity index (χ4n) is 3.11. The first-order valence-corrected chi connectivity index (χ1v) is 9.30. The number of nitro groups is 1. The molecule has 2 heterocycles. The minimum Gasteiger partial charge on any atom is -0.493 e. The van der Waals surface area contributed by atoms with Gasteiger partial charge < -0.3 is 24.6 Å². The Labute approximate surface area is 176 Å². The van der Waals surface area contributed by atoms with Crippen LogP contribution in [0.3, 0.4) is 0 Å². The van der Waals surface area contributed by atoms with Crippen LogP contribution in [0, 0.1) is 10.1 Å². The van der Waals surface area contributed by atoms with Gasteiger partial charge in [0.25, 0.3) is 11.6 Å². The average molecular weight is 437 g/mol. The van der Waals surface area contributed by atoms with Crippen molar-refractivity contribution in [2.75, 3.05) is 50.6 Å². The Morgan fingerprint density at radius 3 is 2.48 bits per heavy atom. The second kappa shape index (κ2) is 9.51. The third kappa shape index (κ3) is 5.34. The van der Waals surface area contributed by atoms with Gasteiger partial charge in [-0.05, 0) is 19.2 Å². The predicted octanol–water partition coefficient (Wildman–Crippen LogP) is 2.60. The molecule has 1 aliphatic heterocycles. The number of pyridine rings is 1. The molecule has 1 aromatic heterocycles. The van der Waals surface area contributed by atoms with E-state index in [0.29, 0.717) is 5.69 Å². The fraction of sp³-hybridized carbons (Fsp3) is 0.368. The number of nitrogens with one attached hydrogen (secondary N) is 1. The Morgan fingerprint density at radius 1 is 1.23 bits per heavy atom. The van der Waals surface area contributed by atoms with Crippen LogP contribution in [0.5, 0.6) is 11.5 Å². The molecule has 12 heteroatoms. The summed E-state index contributed by atoms with van der Waals surface area (Å²) in [5, 5.41) is 13.9. The van der Waals surface area contributed by atoms with Gasteiger partial charge in [0.1, 0.15) is 11.4 Å². The van der Waals surface area contributed by atoms with Crippen LogP contribution < -0.4 is 19.7 Å². The van der Waals surface area contributed by atoms with Crippen molar-refractivity contribution in [3.8, 4) is 11.5 Å². The number of carbonyl (C=O) groups is 1. The summed E-state index contributed by atoms with van der Waals surface area (Å²) in [5.74, 6) is -0.839. The number of anilines is 2. The number of carbonyl (C=O) groups excluding carboxylic acids is 1. The minimum atomic E-state index is -3.21. The number of rotatable bonds is 7. The maximum absolute atomic E-state index is 12.7. The van der Waals surface area contributed by atoms with E-state index in [4.69, 9.17) is 4.74 Å². The number of ether oxygens (including phenoxy) is 2. The number of methoxy groups -OCH3 is 1. The molecule has 2 aromatic rings. The highest BCUT2D eigenvalue weighted by Crippen LogP contribution is 2.36. The largest absolute Gasteiger partial charge is 0.493 e. The van der Waals surface area contributed by atoms with Crippen LogP contribution >= 0.6 is 0 Å². The number of likely N-dealkylation sites (N-methyl/N-ethyl adjacent to an activating group) is 1. The lowest BCUT2D eigenvalue weighted by atomic mass is 10.1. The number of hydrogen-bond acceptors (Lipinski definition) is 8. The van der Waals surface area contributed by atoms with E-state index < -0.39 is 28.9 Å². The molecule has 1 aliphatic rings. The lowest BCUT2D eigenvalue weighted by Gasteiger charge is -2.33. The molecule has 10 nitrogen and oxygen atoms in total. The minimum absolute atomic E-state index is 0.236. The number of piperazine rings is 1. The molecule has 1 fully saturated rings. The van der Waals surface area contributed by atoms with Gasteiger partial charge >= 0.3 is 6.61 Å². The number of aromatic nitrogens is 1. The molecule has 1 N–H and O–H groups in total. The van der Waals surface area contributed by atoms with Crippen LogP contribution in [0.25, 0.3) is 0 Å². The van der Waals surface area contributed by atoms with E-state index >= 15 is 0 Å². The van der Waals surface area contributed by atoms with Crippen molar-refractivity contribution in [3.63, 3.8) is 0 Å². The molecule has 31 heavy (non-hydrogen) atoms. The smallest absolute Gasteiger partial charge is 0.387 e. The van der Waals surface area contributed by atoms with E-state index in [1.54, 1.807) is 12.1 Å². The summed E-state index contributed by atoms with van der Waals surface area (Å²) < 4.78 is 34.3. The monoisotopic (exact) mass is 437 g/mol. The molecule has 0 aliphatic carbocycles. The summed E-state index contributed by atoms with van der Waals surface area (Å²) in [4.78, 5) is 31.8. The van der Waals surface area contributed by atoms with Gasteiger partial charge in [-0.15, -0.1) is 0 Å². The van der Waals surface area contributed by atoms with Gasteiger partial charge in [-0.1, -0.05) is 0 Å². The van der Waals surface area contributed by atoms with Crippen LogP contribution in [0.2, 0.25) is 0 Å². The van der Waals surface area contributed by atoms with Crippen LogP contribution in [-0.4, -0.2) is 67.7 Å². The molecule has 0 spiro atoms. The number of nitrogens with zero attached hydrogens (tertiary/aromatic N) is 4. The normalized spacial score (nSPS) is 14.4. The summed E-state index contributed by atoms with van der Waals surface area (Å²) in [5.41, 5.74) is -0.744. The molecule has 1 saturated heterocycles. The van der Waals surface area contributed by atoms with Crippen molar-refractivity contribution >= 4 is 23.1 Å². The maximum Gasteiger partial charge on any atom is 0.387 e. The molecule has 3 rings (SSSR count). The summed E-state index contributed by atoms with van der Waals surface area (Å²) in [6.45, 7) is 0.272. The van der Waals surface area contributed by atoms with E-state index in [0.717, 1.165) is 44.1 Å². The van der Waals surface area contributed by atoms with Crippen LogP contribution in [-0.2, 0) is 0 Å². The average Bonchev–Trinajstić information content (AvgIpc) is 2.74. The summed E-state index contributed by atoms with van der Waals surface area (Å²) in [6, 6.07) is 5.09. The van der Waals surface area contributed by atoms with E-state index in [9.17, 15) is 23.7 Å². The van der Waals surface area contributed by atoms with E-state index in [1.165, 1.54) is 13.3 Å². The van der Waals surface area contributed by atoms with Crippen molar-refractivity contribution in [1.29, 1.82) is 0 Å². The summed E-state index contributed by atoms with van der Waals surface area (Å²) in [6.07, 6.45) is 1.45. The summed E-state index contributed by atoms with van der Waals surface area (Å²) >= 11 is 0. The number of halogens is 2. The first-order chi connectivity index (χ1) is 14.8. The molecule has 0 bridgehead atoms. The first-order valence-electron chi connectivity index (χ1n) is 9.30. The van der Waals surface area contributed by atoms with E-state index in [-0.39, 0.29) is 11.3 Å². The Morgan fingerprint density at radius 2 is 1.94 bits per heavy atom. The van der Waals surface area contributed by atoms with Gasteiger partial charge in [0, 0.05) is 32.2 Å². The topological polar surface area (TPSA) is 110 Å². The van der Waals surface area contributed by atoms with Crippen LogP contribution in [0.4, 0.5) is 26.0 Å². The second-order valence-electron chi connectivity index (χ2n) is 6.81. The summed E-state index contributed by atoms with van der Waals surface area (Å²) in [7, 11) is 3.21. The third-order valence-electron chi connectivity index (χ3n) is 4.77. The first kappa shape index (κ1) is 22.2. The molecule has 0 radical (unpaired) electrons. The highest BCUT2D eigenvalue weighted by Gasteiger charge is 2.26. The van der Waals surface area contributed by atoms with Crippen molar-refractivity contribution in [3.05, 3.63) is 46.1 Å². The van der Waals surface area contributed by atoms with Crippen LogP contribution in [0.15, 0.2) is 30.5 Å². The zero-order valence-electron chi connectivity index (χ0n) is 16.9. The van der Waals surface area contributed by atoms with Crippen molar-refractivity contribution in [2.45, 2.75) is 6.61 Å². The SMILES string of the molecule is COc1cc(C(=O)Nc2ccc(N3CCN(C)CC3)nc2)c([N+](=O)[O-])cc1OC(F)F. The van der Waals surface area contributed by atoms with Gasteiger partial charge in [-0.3, -0.25) is 14.9 Å². The molecule has 166 valence electrons. The van der Waals surface area contributed by atoms with Gasteiger partial charge in [0.15, 0.2) is 11.5 Å². The zero-order valence-corrected chi connectivity index (χ0v) is 16.9. The Hall–Kier alpha value is -3.54. The van der Waals surface area contributed by atoms with Gasteiger partial charge in [0.05, 0.1) is 30.0 Å². The van der Waals surface area contributed by atoms with E-state index in [2.05, 4.69) is 24.8 Å². The molecule has 1 amide bonds. The van der Waals surface area contributed by atoms with Crippen LogP contribution in [0.1, 0.15) is 10.4 Å². The molecular formula is C19H21F2N5O5. The molecular weight excluding hydrogens is 416 g/mol. The third-order valence-corrected chi connectivity index (χ3v) is 4.77. The number of benzene rings is 1. The maximum atomic E-state index is 12.7. The van der Waals surface area contributed by atoms with Crippen molar-refractivity contribution < 1.29 is 28.0 Å². The fourth-order valence-corrected chi connectivity index (χ4v) is 3.11. The van der Waals surface area contributed by atoms with Gasteiger partial charge in [-0.25, -0.2) is 4.98 Å². The second-order valence-corrected chi connectivity index (χ2v) is 6.81. The predicted molar refractivity (Wildman–Crippen MR) is 108 cm³/mol. The number of hydrogen-bond donors (Lipinski definition) is 1. The molecule has 0 saturated carbocycles. The lowest BCUT2D eigenvalue weighted by molar-refractivity contribution is -0.385. The Kier molecular flexibility index (Phi) is 6.80.